The summed E-state index contributed by atoms with van der Waals surface area (Å²) in [5.74, 6) is 0.706. The quantitative estimate of drug-likeness (QED) is 0.314. The first-order valence-electron chi connectivity index (χ1n) is 11.1. The predicted octanol–water partition coefficient (Wildman–Crippen LogP) is 2.96. The topological polar surface area (TPSA) is 93.2 Å². The van der Waals surface area contributed by atoms with Crippen LogP contribution in [0.4, 0.5) is 4.79 Å². The Morgan fingerprint density at radius 2 is 1.84 bits per heavy atom. The lowest BCUT2D eigenvalue weighted by Gasteiger charge is -2.22. The molecule has 1 amide bonds. The summed E-state index contributed by atoms with van der Waals surface area (Å²) in [6.45, 7) is 12.0. The highest BCUT2D eigenvalue weighted by molar-refractivity contribution is 5.79. The summed E-state index contributed by atoms with van der Waals surface area (Å²) in [6.07, 6.45) is 1.79. The molecule has 1 aliphatic rings. The lowest BCUT2D eigenvalue weighted by atomic mass is 10.1. The van der Waals surface area contributed by atoms with Crippen molar-refractivity contribution >= 4 is 12.1 Å². The number of ether oxygens (including phenoxy) is 3. The molecule has 8 heteroatoms. The smallest absolute Gasteiger partial charge is 0.407 e. The van der Waals surface area contributed by atoms with Gasteiger partial charge in [-0.05, 0) is 51.7 Å². The average molecular weight is 435 g/mol. The van der Waals surface area contributed by atoms with E-state index in [4.69, 9.17) is 14.2 Å². The fourth-order valence-corrected chi connectivity index (χ4v) is 3.05. The number of nitrogens with one attached hydrogen (secondary N) is 3. The third-order valence-corrected chi connectivity index (χ3v) is 4.50. The Labute approximate surface area is 186 Å². The summed E-state index contributed by atoms with van der Waals surface area (Å²) in [4.78, 5) is 16.3. The number of alkyl carbamates (subject to hydrolysis) is 1. The van der Waals surface area contributed by atoms with Crippen molar-refractivity contribution in [3.63, 3.8) is 0 Å². The molecule has 8 nitrogen and oxygen atoms in total. The highest BCUT2D eigenvalue weighted by Gasteiger charge is 2.15. The maximum atomic E-state index is 11.7. The van der Waals surface area contributed by atoms with Gasteiger partial charge in [-0.3, -0.25) is 0 Å². The number of hydrogen-bond acceptors (Lipinski definition) is 5. The van der Waals surface area contributed by atoms with Crippen molar-refractivity contribution < 1.29 is 19.0 Å². The molecule has 1 aliphatic heterocycles. The van der Waals surface area contributed by atoms with E-state index in [1.54, 1.807) is 0 Å². The number of benzene rings is 1. The van der Waals surface area contributed by atoms with E-state index in [-0.39, 0.29) is 6.10 Å². The molecule has 0 aliphatic carbocycles. The van der Waals surface area contributed by atoms with E-state index in [1.165, 1.54) is 0 Å². The van der Waals surface area contributed by atoms with Crippen molar-refractivity contribution in [3.8, 4) is 0 Å². The molecule has 2 rings (SSSR count). The zero-order valence-electron chi connectivity index (χ0n) is 19.3. The van der Waals surface area contributed by atoms with Crippen LogP contribution in [0.15, 0.2) is 29.3 Å². The van der Waals surface area contributed by atoms with Gasteiger partial charge in [0.05, 0.1) is 19.3 Å². The number of nitrogens with zero attached hydrogens (tertiary/aromatic N) is 1. The molecule has 0 saturated carbocycles. The van der Waals surface area contributed by atoms with Gasteiger partial charge in [0.25, 0.3) is 0 Å². The van der Waals surface area contributed by atoms with E-state index in [0.29, 0.717) is 32.2 Å². The van der Waals surface area contributed by atoms with E-state index in [2.05, 4.69) is 39.1 Å². The lowest BCUT2D eigenvalue weighted by molar-refractivity contribution is -0.0390. The summed E-state index contributed by atoms with van der Waals surface area (Å²) in [6, 6.07) is 8.32. The van der Waals surface area contributed by atoms with Gasteiger partial charge in [0.2, 0.25) is 0 Å². The van der Waals surface area contributed by atoms with Gasteiger partial charge in [-0.2, -0.15) is 0 Å². The molecule has 0 radical (unpaired) electrons. The summed E-state index contributed by atoms with van der Waals surface area (Å²) >= 11 is 0. The second-order valence-electron chi connectivity index (χ2n) is 8.49. The minimum absolute atomic E-state index is 0.286. The average Bonchev–Trinajstić information content (AvgIpc) is 2.73. The molecule has 0 bridgehead atoms. The number of carbonyl (C=O) groups is 1. The summed E-state index contributed by atoms with van der Waals surface area (Å²) in [7, 11) is 0. The molecule has 31 heavy (non-hydrogen) atoms. The van der Waals surface area contributed by atoms with Gasteiger partial charge in [0.1, 0.15) is 5.60 Å². The standard InChI is InChI=1S/C23H38N4O4/c1-5-24-21(25-11-12-26-22(28)31-23(2,3)4)27-16-18-7-6-8-19(15-18)17-30-20-9-13-29-14-10-20/h6-8,15,20H,5,9-14,16-17H2,1-4H3,(H,26,28)(H2,24,25,27). The molecule has 0 spiro atoms. The second kappa shape index (κ2) is 13.2. The van der Waals surface area contributed by atoms with Gasteiger partial charge < -0.3 is 30.2 Å². The minimum Gasteiger partial charge on any atom is -0.444 e. The van der Waals surface area contributed by atoms with Crippen molar-refractivity contribution in [1.82, 2.24) is 16.0 Å². The lowest BCUT2D eigenvalue weighted by Crippen LogP contribution is -2.42. The SMILES string of the molecule is CCNC(=NCc1cccc(COC2CCOCC2)c1)NCCNC(=O)OC(C)(C)C. The monoisotopic (exact) mass is 434 g/mol. The predicted molar refractivity (Wildman–Crippen MR) is 122 cm³/mol. The first-order valence-corrected chi connectivity index (χ1v) is 11.1. The van der Waals surface area contributed by atoms with Gasteiger partial charge >= 0.3 is 6.09 Å². The summed E-state index contributed by atoms with van der Waals surface area (Å²) in [5, 5.41) is 9.18. The Morgan fingerprint density at radius 1 is 1.13 bits per heavy atom. The molecule has 3 N–H and O–H groups in total. The fourth-order valence-electron chi connectivity index (χ4n) is 3.05. The Morgan fingerprint density at radius 3 is 2.55 bits per heavy atom. The first kappa shape index (κ1) is 24.9. The minimum atomic E-state index is -0.502. The van der Waals surface area contributed by atoms with Crippen molar-refractivity contribution in [2.45, 2.75) is 65.4 Å². The van der Waals surface area contributed by atoms with Crippen molar-refractivity contribution in [2.75, 3.05) is 32.8 Å². The van der Waals surface area contributed by atoms with E-state index < -0.39 is 11.7 Å². The van der Waals surface area contributed by atoms with Gasteiger partial charge in [-0.15, -0.1) is 0 Å². The van der Waals surface area contributed by atoms with Crippen LogP contribution in [0.2, 0.25) is 0 Å². The van der Waals surface area contributed by atoms with Gasteiger partial charge in [0.15, 0.2) is 5.96 Å². The molecule has 1 aromatic carbocycles. The molecule has 174 valence electrons. The fraction of sp³-hybridized carbons (Fsp3) is 0.652. The van der Waals surface area contributed by atoms with Crippen LogP contribution in [-0.2, 0) is 27.4 Å². The van der Waals surface area contributed by atoms with Gasteiger partial charge in [0, 0.05) is 32.8 Å². The number of amides is 1. The van der Waals surface area contributed by atoms with Crippen molar-refractivity contribution in [2.24, 2.45) is 4.99 Å². The Bertz CT molecular complexity index is 697. The molecule has 0 aromatic heterocycles. The summed E-state index contributed by atoms with van der Waals surface area (Å²) < 4.78 is 16.6. The molecule has 0 atom stereocenters. The third kappa shape index (κ3) is 11.0. The van der Waals surface area contributed by atoms with Crippen LogP contribution in [0.1, 0.15) is 51.7 Å². The largest absolute Gasteiger partial charge is 0.444 e. The van der Waals surface area contributed by atoms with Crippen LogP contribution in [0.25, 0.3) is 0 Å². The van der Waals surface area contributed by atoms with Crippen molar-refractivity contribution in [3.05, 3.63) is 35.4 Å². The van der Waals surface area contributed by atoms with Crippen LogP contribution in [0.5, 0.6) is 0 Å². The van der Waals surface area contributed by atoms with Gasteiger partial charge in [-0.25, -0.2) is 9.79 Å². The van der Waals surface area contributed by atoms with E-state index in [1.807, 2.05) is 33.8 Å². The van der Waals surface area contributed by atoms with Crippen LogP contribution in [-0.4, -0.2) is 56.6 Å². The van der Waals surface area contributed by atoms with Crippen LogP contribution in [0, 0.1) is 0 Å². The molecule has 1 saturated heterocycles. The number of carbonyl (C=O) groups excluding carboxylic acids is 1. The van der Waals surface area contributed by atoms with E-state index in [9.17, 15) is 4.79 Å². The Balaban J connectivity index is 1.78. The van der Waals surface area contributed by atoms with Crippen LogP contribution < -0.4 is 16.0 Å². The van der Waals surface area contributed by atoms with Crippen LogP contribution in [0.3, 0.4) is 0 Å². The van der Waals surface area contributed by atoms with Crippen LogP contribution >= 0.6 is 0 Å². The number of aliphatic imine (C=N–C) groups is 1. The number of rotatable bonds is 9. The maximum Gasteiger partial charge on any atom is 0.407 e. The Kier molecular flexibility index (Phi) is 10.6. The number of hydrogen-bond donors (Lipinski definition) is 3. The zero-order valence-corrected chi connectivity index (χ0v) is 19.3. The highest BCUT2D eigenvalue weighted by atomic mass is 16.6. The third-order valence-electron chi connectivity index (χ3n) is 4.50. The number of guanidine groups is 1. The second-order valence-corrected chi connectivity index (χ2v) is 8.49. The van der Waals surface area contributed by atoms with Gasteiger partial charge in [-0.1, -0.05) is 24.3 Å². The normalized spacial score (nSPS) is 15.4. The van der Waals surface area contributed by atoms with E-state index in [0.717, 1.165) is 43.7 Å². The maximum absolute atomic E-state index is 11.7. The molecule has 1 heterocycles. The highest BCUT2D eigenvalue weighted by Crippen LogP contribution is 2.14. The van der Waals surface area contributed by atoms with E-state index >= 15 is 0 Å². The zero-order chi connectivity index (χ0) is 22.5. The molecular weight excluding hydrogens is 396 g/mol. The summed E-state index contributed by atoms with van der Waals surface area (Å²) in [5.41, 5.74) is 1.77. The first-order chi connectivity index (χ1) is 14.9. The molecule has 1 aromatic rings. The van der Waals surface area contributed by atoms with Crippen molar-refractivity contribution in [1.29, 1.82) is 0 Å². The molecule has 0 unspecified atom stereocenters. The molecular formula is C23H38N4O4. The Hall–Kier alpha value is -2.32. The molecule has 1 fully saturated rings.